The second kappa shape index (κ2) is 6.18. The molecular formula is C13H24N2O3. The van der Waals surface area contributed by atoms with Gasteiger partial charge in [-0.25, -0.2) is 4.79 Å². The molecule has 1 saturated carbocycles. The third-order valence-corrected chi connectivity index (χ3v) is 4.20. The topological polar surface area (TPSA) is 92.4 Å². The van der Waals surface area contributed by atoms with E-state index < -0.39 is 17.4 Å². The molecule has 0 spiro atoms. The first-order valence-corrected chi connectivity index (χ1v) is 6.70. The predicted octanol–water partition coefficient (Wildman–Crippen LogP) is 1.12. The molecule has 0 radical (unpaired) electrons. The summed E-state index contributed by atoms with van der Waals surface area (Å²) in [5.41, 5.74) is 5.18. The van der Waals surface area contributed by atoms with Gasteiger partial charge in [-0.05, 0) is 18.8 Å². The van der Waals surface area contributed by atoms with Crippen molar-refractivity contribution in [2.45, 2.75) is 52.0 Å². The number of nitrogens with one attached hydrogen (secondary N) is 1. The minimum absolute atomic E-state index is 0.0809. The van der Waals surface area contributed by atoms with Crippen LogP contribution in [0.5, 0.6) is 0 Å². The van der Waals surface area contributed by atoms with Crippen LogP contribution in [0, 0.1) is 11.3 Å². The number of nitrogens with two attached hydrogens (primary N) is 1. The van der Waals surface area contributed by atoms with E-state index in [-0.39, 0.29) is 11.8 Å². The Kier molecular flexibility index (Phi) is 5.14. The number of carboxylic acids is 1. The first-order chi connectivity index (χ1) is 8.46. The molecule has 0 aromatic heterocycles. The summed E-state index contributed by atoms with van der Waals surface area (Å²) in [4.78, 5) is 23.5. The van der Waals surface area contributed by atoms with Crippen LogP contribution in [-0.2, 0) is 9.59 Å². The summed E-state index contributed by atoms with van der Waals surface area (Å²) in [5, 5.41) is 11.9. The smallest absolute Gasteiger partial charge is 0.326 e. The van der Waals surface area contributed by atoms with Gasteiger partial charge in [-0.15, -0.1) is 0 Å². The van der Waals surface area contributed by atoms with Gasteiger partial charge in [0.15, 0.2) is 0 Å². The summed E-state index contributed by atoms with van der Waals surface area (Å²) < 4.78 is 0. The standard InChI is InChI=1S/C13H24N2O3/c1-3-9(2)10(11(16)17)15-12(18)13(8-14)6-4-5-7-13/h9-10H,3-8,14H2,1-2H3,(H,15,18)(H,16,17)/t9?,10-/m0/s1. The molecule has 5 nitrogen and oxygen atoms in total. The molecule has 0 saturated heterocycles. The number of carboxylic acid groups (broad SMARTS) is 1. The largest absolute Gasteiger partial charge is 0.480 e. The quantitative estimate of drug-likeness (QED) is 0.664. The Morgan fingerprint density at radius 1 is 1.39 bits per heavy atom. The molecule has 0 aromatic rings. The molecule has 0 bridgehead atoms. The Hall–Kier alpha value is -1.10. The zero-order valence-corrected chi connectivity index (χ0v) is 11.2. The number of hydrogen-bond donors (Lipinski definition) is 3. The summed E-state index contributed by atoms with van der Waals surface area (Å²) in [5.74, 6) is -1.24. The predicted molar refractivity (Wildman–Crippen MR) is 69.0 cm³/mol. The van der Waals surface area contributed by atoms with Crippen LogP contribution in [0.1, 0.15) is 46.0 Å². The van der Waals surface area contributed by atoms with Crippen LogP contribution in [0.2, 0.25) is 0 Å². The highest BCUT2D eigenvalue weighted by molar-refractivity contribution is 5.88. The maximum absolute atomic E-state index is 12.3. The van der Waals surface area contributed by atoms with Crippen molar-refractivity contribution in [1.29, 1.82) is 0 Å². The molecular weight excluding hydrogens is 232 g/mol. The maximum atomic E-state index is 12.3. The minimum Gasteiger partial charge on any atom is -0.480 e. The average molecular weight is 256 g/mol. The SMILES string of the molecule is CCC(C)[C@H](NC(=O)C1(CN)CCCC1)C(=O)O. The van der Waals surface area contributed by atoms with Gasteiger partial charge in [-0.1, -0.05) is 33.1 Å². The van der Waals surface area contributed by atoms with Crippen molar-refractivity contribution in [2.24, 2.45) is 17.1 Å². The van der Waals surface area contributed by atoms with Crippen molar-refractivity contribution in [1.82, 2.24) is 5.32 Å². The van der Waals surface area contributed by atoms with Gasteiger partial charge in [0.05, 0.1) is 5.41 Å². The third kappa shape index (κ3) is 3.02. The van der Waals surface area contributed by atoms with E-state index in [0.29, 0.717) is 13.0 Å². The highest BCUT2D eigenvalue weighted by Crippen LogP contribution is 2.37. The zero-order valence-electron chi connectivity index (χ0n) is 11.2. The van der Waals surface area contributed by atoms with Gasteiger partial charge in [-0.2, -0.15) is 0 Å². The number of aliphatic carboxylic acids is 1. The van der Waals surface area contributed by atoms with Gasteiger partial charge in [-0.3, -0.25) is 4.79 Å². The van der Waals surface area contributed by atoms with E-state index in [9.17, 15) is 14.7 Å². The van der Waals surface area contributed by atoms with Crippen molar-refractivity contribution in [3.63, 3.8) is 0 Å². The van der Waals surface area contributed by atoms with E-state index in [1.165, 1.54) is 0 Å². The number of carbonyl (C=O) groups is 2. The van der Waals surface area contributed by atoms with Crippen LogP contribution >= 0.6 is 0 Å². The van der Waals surface area contributed by atoms with Crippen LogP contribution in [0.3, 0.4) is 0 Å². The molecule has 18 heavy (non-hydrogen) atoms. The van der Waals surface area contributed by atoms with Crippen LogP contribution in [-0.4, -0.2) is 29.6 Å². The second-order valence-electron chi connectivity index (χ2n) is 5.37. The Morgan fingerprint density at radius 3 is 2.33 bits per heavy atom. The molecule has 4 N–H and O–H groups in total. The van der Waals surface area contributed by atoms with Crippen molar-refractivity contribution < 1.29 is 14.7 Å². The van der Waals surface area contributed by atoms with Crippen LogP contribution in [0.15, 0.2) is 0 Å². The van der Waals surface area contributed by atoms with E-state index in [1.54, 1.807) is 0 Å². The van der Waals surface area contributed by atoms with E-state index in [0.717, 1.165) is 25.7 Å². The third-order valence-electron chi connectivity index (χ3n) is 4.20. The number of hydrogen-bond acceptors (Lipinski definition) is 3. The van der Waals surface area contributed by atoms with E-state index >= 15 is 0 Å². The van der Waals surface area contributed by atoms with Crippen molar-refractivity contribution in [3.05, 3.63) is 0 Å². The fourth-order valence-corrected chi connectivity index (χ4v) is 2.55. The van der Waals surface area contributed by atoms with Crippen molar-refractivity contribution in [3.8, 4) is 0 Å². The Labute approximate surface area is 108 Å². The fourth-order valence-electron chi connectivity index (χ4n) is 2.55. The average Bonchev–Trinajstić information content (AvgIpc) is 2.84. The maximum Gasteiger partial charge on any atom is 0.326 e. The lowest BCUT2D eigenvalue weighted by Gasteiger charge is -2.29. The minimum atomic E-state index is -0.970. The lowest BCUT2D eigenvalue weighted by Crippen LogP contribution is -2.52. The summed E-state index contributed by atoms with van der Waals surface area (Å²) in [6, 6.07) is -0.813. The lowest BCUT2D eigenvalue weighted by atomic mass is 9.84. The number of rotatable bonds is 6. The first kappa shape index (κ1) is 15.0. The highest BCUT2D eigenvalue weighted by Gasteiger charge is 2.41. The Morgan fingerprint density at radius 2 is 1.94 bits per heavy atom. The molecule has 1 fully saturated rings. The highest BCUT2D eigenvalue weighted by atomic mass is 16.4. The molecule has 0 heterocycles. The Balaban J connectivity index is 2.74. The number of carbonyl (C=O) groups excluding carboxylic acids is 1. The van der Waals surface area contributed by atoms with E-state index in [1.807, 2.05) is 13.8 Å². The molecule has 1 aliphatic rings. The fraction of sp³-hybridized carbons (Fsp3) is 0.846. The normalized spacial score (nSPS) is 21.3. The van der Waals surface area contributed by atoms with Crippen LogP contribution < -0.4 is 11.1 Å². The lowest BCUT2D eigenvalue weighted by molar-refractivity contribution is -0.145. The summed E-state index contributed by atoms with van der Waals surface area (Å²) in [7, 11) is 0. The molecule has 0 aromatic carbocycles. The summed E-state index contributed by atoms with van der Waals surface area (Å²) in [6.45, 7) is 4.05. The van der Waals surface area contributed by atoms with Gasteiger partial charge < -0.3 is 16.2 Å². The summed E-state index contributed by atoms with van der Waals surface area (Å²) >= 11 is 0. The number of amides is 1. The van der Waals surface area contributed by atoms with Gasteiger partial charge in [0.2, 0.25) is 5.91 Å². The van der Waals surface area contributed by atoms with Gasteiger partial charge in [0, 0.05) is 6.54 Å². The second-order valence-corrected chi connectivity index (χ2v) is 5.37. The van der Waals surface area contributed by atoms with E-state index in [4.69, 9.17) is 5.73 Å². The first-order valence-electron chi connectivity index (χ1n) is 6.70. The Bertz CT molecular complexity index is 311. The van der Waals surface area contributed by atoms with E-state index in [2.05, 4.69) is 5.32 Å². The van der Waals surface area contributed by atoms with Crippen LogP contribution in [0.25, 0.3) is 0 Å². The van der Waals surface area contributed by atoms with Gasteiger partial charge in [0.25, 0.3) is 0 Å². The molecule has 5 heteroatoms. The van der Waals surface area contributed by atoms with Crippen LogP contribution in [0.4, 0.5) is 0 Å². The van der Waals surface area contributed by atoms with Gasteiger partial charge in [0.1, 0.15) is 6.04 Å². The molecule has 1 unspecified atom stereocenters. The molecule has 1 rings (SSSR count). The van der Waals surface area contributed by atoms with Crippen molar-refractivity contribution in [2.75, 3.05) is 6.54 Å². The molecule has 104 valence electrons. The molecule has 1 aliphatic carbocycles. The van der Waals surface area contributed by atoms with Crippen molar-refractivity contribution >= 4 is 11.9 Å². The molecule has 1 amide bonds. The monoisotopic (exact) mass is 256 g/mol. The summed E-state index contributed by atoms with van der Waals surface area (Å²) in [6.07, 6.45) is 4.23. The molecule has 0 aliphatic heterocycles. The van der Waals surface area contributed by atoms with Gasteiger partial charge >= 0.3 is 5.97 Å². The zero-order chi connectivity index (χ0) is 13.8. The molecule has 2 atom stereocenters.